The van der Waals surface area contributed by atoms with Gasteiger partial charge < -0.3 is 9.64 Å². The summed E-state index contributed by atoms with van der Waals surface area (Å²) in [7, 11) is 1.63. The third kappa shape index (κ3) is 2.07. The van der Waals surface area contributed by atoms with Crippen molar-refractivity contribution in [3.8, 4) is 0 Å². The Bertz CT molecular complexity index is 151. The number of carbonyl (C=O) groups is 1. The van der Waals surface area contributed by atoms with Crippen LogP contribution in [-0.2, 0) is 4.74 Å². The molecule has 1 unspecified atom stereocenters. The Balaban J connectivity index is 2.44. The highest BCUT2D eigenvalue weighted by Crippen LogP contribution is 2.18. The molecule has 1 atom stereocenters. The fraction of sp³-hybridized carbons (Fsp3) is 0.857. The average Bonchev–Trinajstić information content (AvgIpc) is 2.36. The molecule has 0 aromatic carbocycles. The summed E-state index contributed by atoms with van der Waals surface area (Å²) in [6.07, 6.45) is 2.04. The van der Waals surface area contributed by atoms with Crippen molar-refractivity contribution in [1.29, 1.82) is 0 Å². The number of ether oxygens (including phenoxy) is 1. The van der Waals surface area contributed by atoms with Gasteiger partial charge in [-0.05, 0) is 24.4 Å². The summed E-state index contributed by atoms with van der Waals surface area (Å²) < 4.78 is 4.95. The summed E-state index contributed by atoms with van der Waals surface area (Å²) in [6.45, 7) is 1.37. The smallest absolute Gasteiger partial charge is 0.316 e. The van der Waals surface area contributed by atoms with Crippen LogP contribution in [0.5, 0.6) is 0 Å². The molecule has 1 amide bonds. The van der Waals surface area contributed by atoms with Gasteiger partial charge in [0.2, 0.25) is 0 Å². The molecule has 0 saturated carbocycles. The summed E-state index contributed by atoms with van der Waals surface area (Å²) in [5.74, 6) is 0. The molecule has 1 aliphatic rings. The van der Waals surface area contributed by atoms with Gasteiger partial charge in [0.1, 0.15) is 0 Å². The first-order valence-electron chi connectivity index (χ1n) is 3.70. The van der Waals surface area contributed by atoms with Crippen LogP contribution in [0.3, 0.4) is 0 Å². The maximum Gasteiger partial charge on any atom is 0.316 e. The lowest BCUT2D eigenvalue weighted by atomic mass is 10.2. The van der Waals surface area contributed by atoms with Crippen LogP contribution < -0.4 is 0 Å². The number of halogens is 1. The van der Waals surface area contributed by atoms with Gasteiger partial charge in [0.25, 0.3) is 0 Å². The molecule has 1 saturated heterocycles. The number of carbonyl (C=O) groups excluding carboxylic acids is 1. The first-order valence-corrected chi connectivity index (χ1v) is 4.08. The molecule has 0 aliphatic carbocycles. The van der Waals surface area contributed by atoms with E-state index in [9.17, 15) is 4.79 Å². The SMILES string of the molecule is COCC1CCCN1C(=O)Cl. The summed E-state index contributed by atoms with van der Waals surface area (Å²) in [6, 6.07) is 0.199. The maximum absolute atomic E-state index is 10.8. The van der Waals surface area contributed by atoms with Crippen LogP contribution in [0.1, 0.15) is 12.8 Å². The van der Waals surface area contributed by atoms with Crippen molar-refractivity contribution < 1.29 is 9.53 Å². The Hall–Kier alpha value is -0.280. The predicted octanol–water partition coefficient (Wildman–Crippen LogP) is 1.46. The molecule has 1 aliphatic heterocycles. The third-order valence-electron chi connectivity index (χ3n) is 1.96. The number of hydrogen-bond donors (Lipinski definition) is 0. The lowest BCUT2D eigenvalue weighted by molar-refractivity contribution is 0.132. The van der Waals surface area contributed by atoms with Crippen molar-refractivity contribution in [3.05, 3.63) is 0 Å². The van der Waals surface area contributed by atoms with E-state index in [0.29, 0.717) is 6.61 Å². The van der Waals surface area contributed by atoms with Crippen LogP contribution in [0, 0.1) is 0 Å². The molecule has 1 rings (SSSR count). The molecule has 0 bridgehead atoms. The standard InChI is InChI=1S/C7H12ClNO2/c1-11-5-6-3-2-4-9(6)7(8)10/h6H,2-5H2,1H3. The van der Waals surface area contributed by atoms with E-state index in [4.69, 9.17) is 16.3 Å². The lowest BCUT2D eigenvalue weighted by Gasteiger charge is -2.20. The van der Waals surface area contributed by atoms with Crippen molar-refractivity contribution in [2.24, 2.45) is 0 Å². The zero-order chi connectivity index (χ0) is 8.27. The third-order valence-corrected chi connectivity index (χ3v) is 2.18. The Morgan fingerprint density at radius 1 is 1.82 bits per heavy atom. The Labute approximate surface area is 71.3 Å². The molecule has 0 radical (unpaired) electrons. The van der Waals surface area contributed by atoms with E-state index < -0.39 is 0 Å². The van der Waals surface area contributed by atoms with E-state index in [1.54, 1.807) is 12.0 Å². The molecule has 0 spiro atoms. The summed E-state index contributed by atoms with van der Waals surface area (Å²) >= 11 is 5.35. The molecular formula is C7H12ClNO2. The first-order chi connectivity index (χ1) is 5.25. The van der Waals surface area contributed by atoms with Gasteiger partial charge in [0, 0.05) is 13.7 Å². The van der Waals surface area contributed by atoms with Crippen LogP contribution in [0.25, 0.3) is 0 Å². The van der Waals surface area contributed by atoms with Crippen molar-refractivity contribution in [2.75, 3.05) is 20.3 Å². The van der Waals surface area contributed by atoms with Gasteiger partial charge in [-0.3, -0.25) is 4.79 Å². The normalized spacial score (nSPS) is 24.2. The highest BCUT2D eigenvalue weighted by molar-refractivity contribution is 6.62. The minimum atomic E-state index is -0.357. The van der Waals surface area contributed by atoms with E-state index >= 15 is 0 Å². The molecule has 1 fully saturated rings. The number of rotatable bonds is 2. The number of hydrogen-bond acceptors (Lipinski definition) is 2. The van der Waals surface area contributed by atoms with Crippen molar-refractivity contribution in [1.82, 2.24) is 4.90 Å². The van der Waals surface area contributed by atoms with E-state index in [1.165, 1.54) is 0 Å². The molecule has 0 aromatic heterocycles. The Morgan fingerprint density at radius 2 is 2.55 bits per heavy atom. The van der Waals surface area contributed by atoms with Crippen LogP contribution in [0.2, 0.25) is 0 Å². The van der Waals surface area contributed by atoms with E-state index in [1.807, 2.05) is 0 Å². The second kappa shape index (κ2) is 3.93. The quantitative estimate of drug-likeness (QED) is 0.472. The number of methoxy groups -OCH3 is 1. The fourth-order valence-corrected chi connectivity index (χ4v) is 1.66. The molecule has 64 valence electrons. The maximum atomic E-state index is 10.8. The number of amides is 1. The van der Waals surface area contributed by atoms with Gasteiger partial charge in [-0.25, -0.2) is 0 Å². The monoisotopic (exact) mass is 177 g/mol. The van der Waals surface area contributed by atoms with Gasteiger partial charge in [-0.1, -0.05) is 0 Å². The van der Waals surface area contributed by atoms with Gasteiger partial charge in [-0.2, -0.15) is 0 Å². The van der Waals surface area contributed by atoms with Crippen molar-refractivity contribution in [3.63, 3.8) is 0 Å². The summed E-state index contributed by atoms with van der Waals surface area (Å²) in [5.41, 5.74) is 0. The highest BCUT2D eigenvalue weighted by Gasteiger charge is 2.27. The largest absolute Gasteiger partial charge is 0.383 e. The number of nitrogens with zero attached hydrogens (tertiary/aromatic N) is 1. The fourth-order valence-electron chi connectivity index (χ4n) is 1.43. The minimum Gasteiger partial charge on any atom is -0.383 e. The molecule has 4 heteroatoms. The molecule has 0 aromatic rings. The average molecular weight is 178 g/mol. The van der Waals surface area contributed by atoms with Crippen LogP contribution in [0.15, 0.2) is 0 Å². The second-order valence-electron chi connectivity index (χ2n) is 2.70. The van der Waals surface area contributed by atoms with Crippen molar-refractivity contribution >= 4 is 17.0 Å². The molecule has 11 heavy (non-hydrogen) atoms. The van der Waals surface area contributed by atoms with E-state index in [0.717, 1.165) is 19.4 Å². The summed E-state index contributed by atoms with van der Waals surface area (Å²) in [5, 5.41) is -0.357. The zero-order valence-corrected chi connectivity index (χ0v) is 7.30. The van der Waals surface area contributed by atoms with Crippen molar-refractivity contribution in [2.45, 2.75) is 18.9 Å². The van der Waals surface area contributed by atoms with Crippen LogP contribution >= 0.6 is 11.6 Å². The van der Waals surface area contributed by atoms with E-state index in [2.05, 4.69) is 0 Å². The van der Waals surface area contributed by atoms with Gasteiger partial charge in [0.05, 0.1) is 12.6 Å². The predicted molar refractivity (Wildman–Crippen MR) is 42.9 cm³/mol. The van der Waals surface area contributed by atoms with Gasteiger partial charge in [-0.15, -0.1) is 0 Å². The van der Waals surface area contributed by atoms with Crippen LogP contribution in [0.4, 0.5) is 4.79 Å². The zero-order valence-electron chi connectivity index (χ0n) is 6.55. The number of likely N-dealkylation sites (tertiary alicyclic amines) is 1. The Kier molecular flexibility index (Phi) is 3.15. The molecule has 3 nitrogen and oxygen atoms in total. The van der Waals surface area contributed by atoms with E-state index in [-0.39, 0.29) is 11.4 Å². The minimum absolute atomic E-state index is 0.199. The lowest BCUT2D eigenvalue weighted by Crippen LogP contribution is -2.34. The first kappa shape index (κ1) is 8.81. The second-order valence-corrected chi connectivity index (χ2v) is 3.02. The molecule has 1 heterocycles. The summed E-state index contributed by atoms with van der Waals surface area (Å²) in [4.78, 5) is 12.4. The molecule has 0 N–H and O–H groups in total. The molecular weight excluding hydrogens is 166 g/mol. The van der Waals surface area contributed by atoms with Gasteiger partial charge in [0.15, 0.2) is 0 Å². The highest BCUT2D eigenvalue weighted by atomic mass is 35.5. The van der Waals surface area contributed by atoms with Crippen LogP contribution in [-0.4, -0.2) is 36.6 Å². The Morgan fingerprint density at radius 3 is 3.09 bits per heavy atom. The van der Waals surface area contributed by atoms with Gasteiger partial charge >= 0.3 is 5.37 Å². The topological polar surface area (TPSA) is 29.5 Å².